The van der Waals surface area contributed by atoms with Gasteiger partial charge in [-0.25, -0.2) is 9.78 Å². The predicted molar refractivity (Wildman–Crippen MR) is 65.2 cm³/mol. The summed E-state index contributed by atoms with van der Waals surface area (Å²) in [4.78, 5) is 15.0. The second kappa shape index (κ2) is 4.48. The van der Waals surface area contributed by atoms with Crippen LogP contribution in [0.2, 0.25) is 0 Å². The number of pyridine rings is 1. The van der Waals surface area contributed by atoms with E-state index in [9.17, 15) is 4.79 Å². The van der Waals surface area contributed by atoms with Crippen molar-refractivity contribution in [2.24, 2.45) is 0 Å². The smallest absolute Gasteiger partial charge is 0.337 e. The van der Waals surface area contributed by atoms with Gasteiger partial charge >= 0.3 is 5.97 Å². The molecule has 0 unspecified atom stereocenters. The molecular weight excluding hydrogens is 234 g/mol. The summed E-state index contributed by atoms with van der Waals surface area (Å²) in [5, 5.41) is 8.95. The van der Waals surface area contributed by atoms with Crippen LogP contribution >= 0.6 is 0 Å². The summed E-state index contributed by atoms with van der Waals surface area (Å²) in [5.41, 5.74) is -0.300. The number of hydrogen-bond acceptors (Lipinski definition) is 4. The van der Waals surface area contributed by atoms with E-state index in [-0.39, 0.29) is 11.7 Å². The predicted octanol–water partition coefficient (Wildman–Crippen LogP) is 2.50. The summed E-state index contributed by atoms with van der Waals surface area (Å²) >= 11 is 0. The number of carboxylic acids is 1. The van der Waals surface area contributed by atoms with E-state index in [1.54, 1.807) is 0 Å². The Morgan fingerprint density at radius 1 is 1.44 bits per heavy atom. The Kier molecular flexibility index (Phi) is 3.15. The molecule has 0 amide bonds. The number of aromatic carboxylic acids is 1. The maximum atomic E-state index is 10.9. The van der Waals surface area contributed by atoms with Gasteiger partial charge in [-0.3, -0.25) is 0 Å². The Hall–Kier alpha value is -1.78. The largest absolute Gasteiger partial charge is 0.485 e. The fourth-order valence-electron chi connectivity index (χ4n) is 1.37. The lowest BCUT2D eigenvalue weighted by Crippen LogP contribution is -2.24. The van der Waals surface area contributed by atoms with Crippen LogP contribution in [0, 0.1) is 0 Å². The average molecular weight is 251 g/mol. The zero-order chi connectivity index (χ0) is 13.3. The van der Waals surface area contributed by atoms with Crippen molar-refractivity contribution in [1.82, 2.24) is 4.98 Å². The van der Waals surface area contributed by atoms with Crippen LogP contribution in [0.5, 0.6) is 11.6 Å². The zero-order valence-corrected chi connectivity index (χ0v) is 10.8. The first kappa shape index (κ1) is 12.7. The lowest BCUT2D eigenvalue weighted by atomic mass is 10.2. The topological polar surface area (TPSA) is 68.7 Å². The summed E-state index contributed by atoms with van der Waals surface area (Å²) in [6, 6.07) is 1.47. The number of carbonyl (C=O) groups is 1. The normalized spacial score (nSPS) is 15.3. The molecule has 0 aromatic carbocycles. The maximum absolute atomic E-state index is 10.9. The van der Waals surface area contributed by atoms with Crippen LogP contribution in [0.3, 0.4) is 0 Å². The molecule has 1 saturated carbocycles. The Morgan fingerprint density at radius 2 is 2.11 bits per heavy atom. The third kappa shape index (κ3) is 3.35. The van der Waals surface area contributed by atoms with Gasteiger partial charge in [0.15, 0.2) is 5.75 Å². The van der Waals surface area contributed by atoms with Crippen LogP contribution in [-0.4, -0.2) is 27.8 Å². The molecule has 0 bridgehead atoms. The average Bonchev–Trinajstić information content (AvgIpc) is 3.02. The summed E-state index contributed by atoms with van der Waals surface area (Å²) in [6.07, 6.45) is 3.43. The van der Waals surface area contributed by atoms with E-state index in [1.165, 1.54) is 12.3 Å². The molecule has 98 valence electrons. The van der Waals surface area contributed by atoms with Gasteiger partial charge in [0.2, 0.25) is 0 Å². The first-order valence-electron chi connectivity index (χ1n) is 5.94. The van der Waals surface area contributed by atoms with Crippen LogP contribution in [0.1, 0.15) is 44.0 Å². The summed E-state index contributed by atoms with van der Waals surface area (Å²) < 4.78 is 11.3. The van der Waals surface area contributed by atoms with Crippen molar-refractivity contribution < 1.29 is 19.4 Å². The maximum Gasteiger partial charge on any atom is 0.337 e. The molecule has 5 heteroatoms. The van der Waals surface area contributed by atoms with Crippen molar-refractivity contribution in [2.45, 2.75) is 45.3 Å². The van der Waals surface area contributed by atoms with Crippen LogP contribution in [-0.2, 0) is 0 Å². The minimum Gasteiger partial charge on any atom is -0.485 e. The molecule has 1 aromatic rings. The molecule has 5 nitrogen and oxygen atoms in total. The molecule has 0 atom stereocenters. The molecule has 1 N–H and O–H groups in total. The van der Waals surface area contributed by atoms with Crippen LogP contribution in [0.15, 0.2) is 12.3 Å². The highest BCUT2D eigenvalue weighted by Crippen LogP contribution is 2.34. The third-order valence-corrected chi connectivity index (χ3v) is 2.29. The molecule has 1 aromatic heterocycles. The van der Waals surface area contributed by atoms with E-state index in [2.05, 4.69) is 4.98 Å². The number of nitrogens with zero attached hydrogens (tertiary/aromatic N) is 1. The number of hydrogen-bond donors (Lipinski definition) is 1. The second-order valence-corrected chi connectivity index (χ2v) is 5.36. The summed E-state index contributed by atoms with van der Waals surface area (Å²) in [6.45, 7) is 5.71. The molecule has 1 aliphatic carbocycles. The van der Waals surface area contributed by atoms with Gasteiger partial charge in [0, 0.05) is 12.3 Å². The highest BCUT2D eigenvalue weighted by molar-refractivity contribution is 5.87. The summed E-state index contributed by atoms with van der Waals surface area (Å²) in [7, 11) is 0. The number of rotatable bonds is 4. The van der Waals surface area contributed by atoms with Gasteiger partial charge in [-0.1, -0.05) is 0 Å². The number of ether oxygens (including phenoxy) is 2. The molecule has 1 heterocycles. The number of aromatic nitrogens is 1. The van der Waals surface area contributed by atoms with Crippen LogP contribution < -0.4 is 9.47 Å². The Labute approximate surface area is 106 Å². The lowest BCUT2D eigenvalue weighted by Gasteiger charge is -2.22. The third-order valence-electron chi connectivity index (χ3n) is 2.29. The molecule has 0 spiro atoms. The van der Waals surface area contributed by atoms with Gasteiger partial charge in [0.25, 0.3) is 5.88 Å². The highest BCUT2D eigenvalue weighted by Gasteiger charge is 2.27. The quantitative estimate of drug-likeness (QED) is 0.890. The van der Waals surface area contributed by atoms with Crippen molar-refractivity contribution in [1.29, 1.82) is 0 Å². The van der Waals surface area contributed by atoms with E-state index in [1.807, 2.05) is 20.8 Å². The van der Waals surface area contributed by atoms with Crippen molar-refractivity contribution in [3.05, 3.63) is 17.8 Å². The van der Waals surface area contributed by atoms with Crippen molar-refractivity contribution in [3.8, 4) is 11.6 Å². The molecule has 2 rings (SSSR count). The fourth-order valence-corrected chi connectivity index (χ4v) is 1.37. The molecule has 1 aliphatic rings. The standard InChI is InChI=1S/C13H17NO4/c1-13(2,3)18-11-10(17-9-4-5-9)6-8(7-14-11)12(15)16/h6-7,9H,4-5H2,1-3H3,(H,15,16). The van der Waals surface area contributed by atoms with E-state index in [4.69, 9.17) is 14.6 Å². The molecular formula is C13H17NO4. The molecule has 18 heavy (non-hydrogen) atoms. The monoisotopic (exact) mass is 251 g/mol. The van der Waals surface area contributed by atoms with E-state index < -0.39 is 11.6 Å². The Bertz CT molecular complexity index is 461. The number of carboxylic acid groups (broad SMARTS) is 1. The molecule has 0 saturated heterocycles. The van der Waals surface area contributed by atoms with Gasteiger partial charge in [-0.05, 0) is 33.6 Å². The lowest BCUT2D eigenvalue weighted by molar-refractivity contribution is 0.0695. The molecule has 0 aliphatic heterocycles. The second-order valence-electron chi connectivity index (χ2n) is 5.36. The minimum atomic E-state index is -1.02. The van der Waals surface area contributed by atoms with Crippen molar-refractivity contribution in [2.75, 3.05) is 0 Å². The van der Waals surface area contributed by atoms with E-state index in [0.29, 0.717) is 11.6 Å². The zero-order valence-electron chi connectivity index (χ0n) is 10.8. The van der Waals surface area contributed by atoms with Crippen LogP contribution in [0.25, 0.3) is 0 Å². The van der Waals surface area contributed by atoms with Gasteiger partial charge in [-0.2, -0.15) is 0 Å². The minimum absolute atomic E-state index is 0.104. The van der Waals surface area contributed by atoms with Crippen LogP contribution in [0.4, 0.5) is 0 Å². The molecule has 0 radical (unpaired) electrons. The van der Waals surface area contributed by atoms with Crippen molar-refractivity contribution in [3.63, 3.8) is 0 Å². The Balaban J connectivity index is 2.28. The van der Waals surface area contributed by atoms with Gasteiger partial charge in [-0.15, -0.1) is 0 Å². The van der Waals surface area contributed by atoms with Gasteiger partial charge in [0.1, 0.15) is 5.60 Å². The van der Waals surface area contributed by atoms with Gasteiger partial charge in [0.05, 0.1) is 11.7 Å². The van der Waals surface area contributed by atoms with Gasteiger partial charge < -0.3 is 14.6 Å². The SMILES string of the molecule is CC(C)(C)Oc1ncc(C(=O)O)cc1OC1CC1. The van der Waals surface area contributed by atoms with E-state index in [0.717, 1.165) is 12.8 Å². The Morgan fingerprint density at radius 3 is 2.61 bits per heavy atom. The van der Waals surface area contributed by atoms with Crippen molar-refractivity contribution >= 4 is 5.97 Å². The van der Waals surface area contributed by atoms with E-state index >= 15 is 0 Å². The molecule has 1 fully saturated rings. The summed E-state index contributed by atoms with van der Waals surface area (Å²) in [5.74, 6) is -0.266. The fraction of sp³-hybridized carbons (Fsp3) is 0.538. The highest BCUT2D eigenvalue weighted by atomic mass is 16.5. The first-order chi connectivity index (χ1) is 8.35. The first-order valence-corrected chi connectivity index (χ1v) is 5.94.